The summed E-state index contributed by atoms with van der Waals surface area (Å²) in [4.78, 5) is 0. The molecule has 0 saturated heterocycles. The number of hydrogen-bond donors (Lipinski definition) is 1. The molecule has 0 amide bonds. The highest BCUT2D eigenvalue weighted by molar-refractivity contribution is 5.44. The van der Waals surface area contributed by atoms with E-state index in [0.29, 0.717) is 19.8 Å². The highest BCUT2D eigenvalue weighted by Crippen LogP contribution is 2.33. The maximum Gasteiger partial charge on any atom is 0.127 e. The summed E-state index contributed by atoms with van der Waals surface area (Å²) in [5.41, 5.74) is 6.92. The largest absolute Gasteiger partial charge is 0.491 e. The third-order valence-electron chi connectivity index (χ3n) is 2.61. The van der Waals surface area contributed by atoms with Crippen molar-refractivity contribution in [1.82, 2.24) is 0 Å². The van der Waals surface area contributed by atoms with Crippen molar-refractivity contribution >= 4 is 0 Å². The van der Waals surface area contributed by atoms with Crippen LogP contribution < -0.4 is 15.2 Å². The van der Waals surface area contributed by atoms with Crippen molar-refractivity contribution in [2.45, 2.75) is 26.0 Å². The van der Waals surface area contributed by atoms with Crippen LogP contribution >= 0.6 is 0 Å². The van der Waals surface area contributed by atoms with E-state index in [4.69, 9.17) is 19.9 Å². The SMILES string of the molecule is CC(C)OCCOc1ccc2c(c1)OCC2N. The van der Waals surface area contributed by atoms with Crippen LogP contribution in [0.3, 0.4) is 0 Å². The zero-order valence-electron chi connectivity index (χ0n) is 10.3. The van der Waals surface area contributed by atoms with Crippen LogP contribution in [0.1, 0.15) is 25.5 Å². The zero-order valence-corrected chi connectivity index (χ0v) is 10.3. The summed E-state index contributed by atoms with van der Waals surface area (Å²) >= 11 is 0. The number of benzene rings is 1. The minimum Gasteiger partial charge on any atom is -0.491 e. The van der Waals surface area contributed by atoms with Crippen LogP contribution in [0.15, 0.2) is 18.2 Å². The maximum absolute atomic E-state index is 5.87. The molecule has 94 valence electrons. The van der Waals surface area contributed by atoms with Crippen molar-refractivity contribution in [2.75, 3.05) is 19.8 Å². The molecule has 2 N–H and O–H groups in total. The van der Waals surface area contributed by atoms with E-state index in [0.717, 1.165) is 17.1 Å². The first-order chi connectivity index (χ1) is 8.16. The molecule has 0 spiro atoms. The molecule has 1 aromatic carbocycles. The lowest BCUT2D eigenvalue weighted by molar-refractivity contribution is 0.0552. The van der Waals surface area contributed by atoms with Gasteiger partial charge in [0.2, 0.25) is 0 Å². The second-order valence-electron chi connectivity index (χ2n) is 4.39. The van der Waals surface area contributed by atoms with Gasteiger partial charge in [-0.05, 0) is 26.0 Å². The highest BCUT2D eigenvalue weighted by Gasteiger charge is 2.20. The Bertz CT molecular complexity index is 379. The molecule has 0 aromatic heterocycles. The summed E-state index contributed by atoms with van der Waals surface area (Å²) in [6.07, 6.45) is 0.236. The molecule has 17 heavy (non-hydrogen) atoms. The number of nitrogens with two attached hydrogens (primary N) is 1. The molecule has 1 aliphatic heterocycles. The molecule has 0 radical (unpaired) electrons. The van der Waals surface area contributed by atoms with Gasteiger partial charge < -0.3 is 19.9 Å². The molecule has 0 aliphatic carbocycles. The van der Waals surface area contributed by atoms with Gasteiger partial charge in [0.15, 0.2) is 0 Å². The van der Waals surface area contributed by atoms with Crippen LogP contribution in [0.4, 0.5) is 0 Å². The van der Waals surface area contributed by atoms with Gasteiger partial charge in [-0.1, -0.05) is 0 Å². The van der Waals surface area contributed by atoms with Crippen molar-refractivity contribution in [3.63, 3.8) is 0 Å². The van der Waals surface area contributed by atoms with Gasteiger partial charge in [0.25, 0.3) is 0 Å². The zero-order chi connectivity index (χ0) is 12.3. The lowest BCUT2D eigenvalue weighted by Gasteiger charge is -2.10. The van der Waals surface area contributed by atoms with E-state index >= 15 is 0 Å². The lowest BCUT2D eigenvalue weighted by atomic mass is 10.1. The van der Waals surface area contributed by atoms with Gasteiger partial charge in [0, 0.05) is 11.6 Å². The third kappa shape index (κ3) is 3.11. The Hall–Kier alpha value is -1.26. The number of ether oxygens (including phenoxy) is 3. The molecular weight excluding hydrogens is 218 g/mol. The predicted molar refractivity (Wildman–Crippen MR) is 65.4 cm³/mol. The Labute approximate surface area is 102 Å². The van der Waals surface area contributed by atoms with Crippen LogP contribution in [0.5, 0.6) is 11.5 Å². The van der Waals surface area contributed by atoms with Crippen molar-refractivity contribution in [3.05, 3.63) is 23.8 Å². The van der Waals surface area contributed by atoms with Gasteiger partial charge in [0.1, 0.15) is 24.7 Å². The molecule has 1 aromatic rings. The Morgan fingerprint density at radius 1 is 1.41 bits per heavy atom. The molecule has 1 heterocycles. The average molecular weight is 237 g/mol. The summed E-state index contributed by atoms with van der Waals surface area (Å²) in [5.74, 6) is 1.63. The summed E-state index contributed by atoms with van der Waals surface area (Å²) in [6.45, 7) is 5.70. The Morgan fingerprint density at radius 3 is 3.00 bits per heavy atom. The maximum atomic E-state index is 5.87. The molecule has 1 atom stereocenters. The van der Waals surface area contributed by atoms with Crippen LogP contribution in [-0.4, -0.2) is 25.9 Å². The van der Waals surface area contributed by atoms with E-state index in [1.807, 2.05) is 32.0 Å². The van der Waals surface area contributed by atoms with Crippen molar-refractivity contribution in [3.8, 4) is 11.5 Å². The molecule has 0 fully saturated rings. The standard InChI is InChI=1S/C13H19NO3/c1-9(2)15-5-6-16-10-3-4-11-12(14)8-17-13(11)7-10/h3-4,7,9,12H,5-6,8,14H2,1-2H3. The van der Waals surface area contributed by atoms with Crippen LogP contribution in [0.2, 0.25) is 0 Å². The van der Waals surface area contributed by atoms with E-state index in [2.05, 4.69) is 0 Å². The van der Waals surface area contributed by atoms with Crippen LogP contribution in [0, 0.1) is 0 Å². The third-order valence-corrected chi connectivity index (χ3v) is 2.61. The van der Waals surface area contributed by atoms with E-state index in [1.54, 1.807) is 0 Å². The predicted octanol–water partition coefficient (Wildman–Crippen LogP) is 1.88. The first kappa shape index (κ1) is 12.2. The smallest absolute Gasteiger partial charge is 0.127 e. The molecule has 2 rings (SSSR count). The second kappa shape index (κ2) is 5.38. The van der Waals surface area contributed by atoms with E-state index < -0.39 is 0 Å². The fourth-order valence-electron chi connectivity index (χ4n) is 1.75. The van der Waals surface area contributed by atoms with Crippen LogP contribution in [0.25, 0.3) is 0 Å². The quantitative estimate of drug-likeness (QED) is 0.794. The summed E-state index contributed by atoms with van der Waals surface area (Å²) in [7, 11) is 0. The van der Waals surface area contributed by atoms with Crippen molar-refractivity contribution in [2.24, 2.45) is 5.73 Å². The first-order valence-electron chi connectivity index (χ1n) is 5.93. The fourth-order valence-corrected chi connectivity index (χ4v) is 1.75. The highest BCUT2D eigenvalue weighted by atomic mass is 16.5. The monoisotopic (exact) mass is 237 g/mol. The minimum absolute atomic E-state index is 0.0108. The fraction of sp³-hybridized carbons (Fsp3) is 0.538. The first-order valence-corrected chi connectivity index (χ1v) is 5.93. The molecule has 1 aliphatic rings. The average Bonchev–Trinajstić information content (AvgIpc) is 2.66. The number of hydrogen-bond acceptors (Lipinski definition) is 4. The van der Waals surface area contributed by atoms with Gasteiger partial charge >= 0.3 is 0 Å². The molecule has 0 saturated carbocycles. The Kier molecular flexibility index (Phi) is 3.86. The molecule has 4 heteroatoms. The number of fused-ring (bicyclic) bond motifs is 1. The van der Waals surface area contributed by atoms with Crippen LogP contribution in [-0.2, 0) is 4.74 Å². The Balaban J connectivity index is 1.86. The molecular formula is C13H19NO3. The van der Waals surface area contributed by atoms with Crippen molar-refractivity contribution in [1.29, 1.82) is 0 Å². The van der Waals surface area contributed by atoms with E-state index in [1.165, 1.54) is 0 Å². The van der Waals surface area contributed by atoms with E-state index in [9.17, 15) is 0 Å². The normalized spacial score (nSPS) is 18.0. The molecule has 4 nitrogen and oxygen atoms in total. The second-order valence-corrected chi connectivity index (χ2v) is 4.39. The molecule has 0 bridgehead atoms. The van der Waals surface area contributed by atoms with Gasteiger partial charge in [0.05, 0.1) is 18.8 Å². The van der Waals surface area contributed by atoms with Gasteiger partial charge in [-0.15, -0.1) is 0 Å². The topological polar surface area (TPSA) is 53.7 Å². The van der Waals surface area contributed by atoms with Gasteiger partial charge in [-0.2, -0.15) is 0 Å². The minimum atomic E-state index is -0.0108. The summed E-state index contributed by atoms with van der Waals surface area (Å²) in [5, 5.41) is 0. The summed E-state index contributed by atoms with van der Waals surface area (Å²) in [6, 6.07) is 5.76. The van der Waals surface area contributed by atoms with Gasteiger partial charge in [-0.3, -0.25) is 0 Å². The number of rotatable bonds is 5. The van der Waals surface area contributed by atoms with Gasteiger partial charge in [-0.25, -0.2) is 0 Å². The van der Waals surface area contributed by atoms with Crippen molar-refractivity contribution < 1.29 is 14.2 Å². The molecule has 1 unspecified atom stereocenters. The Morgan fingerprint density at radius 2 is 2.24 bits per heavy atom. The summed E-state index contributed by atoms with van der Waals surface area (Å²) < 4.78 is 16.4. The lowest BCUT2D eigenvalue weighted by Crippen LogP contribution is -2.11. The van der Waals surface area contributed by atoms with E-state index in [-0.39, 0.29) is 12.1 Å².